The number of fused-ring (bicyclic) bond motifs is 7. The minimum Gasteiger partial charge on any atom is -0.353 e. The van der Waals surface area contributed by atoms with Gasteiger partial charge in [-0.15, -0.1) is 0 Å². The third kappa shape index (κ3) is 3.43. The van der Waals surface area contributed by atoms with Crippen molar-refractivity contribution in [2.45, 2.75) is 138 Å². The molecule has 0 radical (unpaired) electrons. The van der Waals surface area contributed by atoms with E-state index in [9.17, 15) is 9.59 Å². The Morgan fingerprint density at radius 2 is 1.54 bits per heavy atom. The predicted octanol–water partition coefficient (Wildman–Crippen LogP) is 8.03. The van der Waals surface area contributed by atoms with Crippen LogP contribution < -0.4 is 5.32 Å². The summed E-state index contributed by atoms with van der Waals surface area (Å²) in [5.41, 5.74) is 1.80. The van der Waals surface area contributed by atoms with Crippen LogP contribution in [0.2, 0.25) is 0 Å². The van der Waals surface area contributed by atoms with Gasteiger partial charge in [0.05, 0.1) is 0 Å². The molecule has 0 bridgehead atoms. The number of carbonyl (C=O) groups excluding carboxylic acids is 2. The molecule has 0 saturated heterocycles. The van der Waals surface area contributed by atoms with E-state index in [-0.39, 0.29) is 38.9 Å². The highest BCUT2D eigenvalue weighted by molar-refractivity contribution is 5.95. The highest BCUT2D eigenvalue weighted by atomic mass is 16.2. The normalized spacial score (nSPS) is 50.9. The Morgan fingerprint density at radius 1 is 0.838 bits per heavy atom. The van der Waals surface area contributed by atoms with Crippen LogP contribution in [0.5, 0.6) is 0 Å². The minimum atomic E-state index is -0.323. The molecule has 5 saturated carbocycles. The zero-order chi connectivity index (χ0) is 26.6. The molecule has 2 unspecified atom stereocenters. The molecule has 37 heavy (non-hydrogen) atoms. The summed E-state index contributed by atoms with van der Waals surface area (Å²) >= 11 is 0. The zero-order valence-corrected chi connectivity index (χ0v) is 24.9. The third-order valence-corrected chi connectivity index (χ3v) is 14.3. The molecule has 5 fully saturated rings. The Balaban J connectivity index is 1.38. The molecular weight excluding hydrogens is 454 g/mol. The van der Waals surface area contributed by atoms with Crippen molar-refractivity contribution in [3.63, 3.8) is 0 Å². The van der Waals surface area contributed by atoms with Gasteiger partial charge in [-0.3, -0.25) is 9.59 Å². The lowest BCUT2D eigenvalue weighted by molar-refractivity contribution is -0.185. The summed E-state index contributed by atoms with van der Waals surface area (Å²) in [6.07, 6.45) is 17.3. The van der Waals surface area contributed by atoms with E-state index < -0.39 is 0 Å². The number of ketones is 1. The van der Waals surface area contributed by atoms with Crippen molar-refractivity contribution in [2.75, 3.05) is 0 Å². The zero-order valence-electron chi connectivity index (χ0n) is 24.9. The molecule has 0 aromatic rings. The van der Waals surface area contributed by atoms with Crippen LogP contribution in [0.25, 0.3) is 0 Å². The van der Waals surface area contributed by atoms with Gasteiger partial charge in [-0.2, -0.15) is 0 Å². The molecule has 0 aromatic heterocycles. The Bertz CT molecular complexity index is 1040. The van der Waals surface area contributed by atoms with Gasteiger partial charge in [0.2, 0.25) is 5.91 Å². The Morgan fingerprint density at radius 3 is 2.22 bits per heavy atom. The van der Waals surface area contributed by atoms with Crippen LogP contribution in [0, 0.1) is 50.2 Å². The second kappa shape index (κ2) is 7.97. The largest absolute Gasteiger partial charge is 0.353 e. The lowest BCUT2D eigenvalue weighted by atomic mass is 9.33. The van der Waals surface area contributed by atoms with E-state index in [2.05, 4.69) is 59.9 Å². The lowest BCUT2D eigenvalue weighted by Crippen LogP contribution is -2.65. The van der Waals surface area contributed by atoms with Gasteiger partial charge in [0, 0.05) is 17.4 Å². The van der Waals surface area contributed by atoms with Crippen LogP contribution in [-0.2, 0) is 9.59 Å². The van der Waals surface area contributed by atoms with Gasteiger partial charge in [-0.1, -0.05) is 60.5 Å². The van der Waals surface area contributed by atoms with Crippen molar-refractivity contribution in [1.82, 2.24) is 5.32 Å². The quantitative estimate of drug-likeness (QED) is 0.411. The van der Waals surface area contributed by atoms with Crippen LogP contribution in [-0.4, -0.2) is 17.7 Å². The van der Waals surface area contributed by atoms with Crippen molar-refractivity contribution >= 4 is 11.7 Å². The molecule has 6 rings (SSSR count). The maximum Gasteiger partial charge on any atom is 0.226 e. The van der Waals surface area contributed by atoms with Gasteiger partial charge >= 0.3 is 0 Å². The third-order valence-electron chi connectivity index (χ3n) is 14.3. The van der Waals surface area contributed by atoms with E-state index in [4.69, 9.17) is 0 Å². The first-order chi connectivity index (χ1) is 17.2. The van der Waals surface area contributed by atoms with E-state index in [0.717, 1.165) is 32.1 Å². The molecule has 0 aromatic carbocycles. The standard InChI is InChI=1S/C34H53NO2/c1-29(2)13-9-14-32(5)26(29)12-15-34(7)27(32)25(36)20-23-24-21-31(4,28(37)35-22-10-8-11-22)17-16-30(24,3)18-19-33(23,34)6/h20,22,24,26-27H,8-19,21H2,1-7H3,(H,35,37)/t24-,26?,27-,30-,31?,32+,33-,34-/m1/s1. The smallest absolute Gasteiger partial charge is 0.226 e. The maximum absolute atomic E-state index is 14.4. The van der Waals surface area contributed by atoms with Crippen LogP contribution in [0.15, 0.2) is 11.6 Å². The second-order valence-corrected chi connectivity index (χ2v) is 16.7. The molecule has 1 N–H and O–H groups in total. The molecule has 1 amide bonds. The first-order valence-electron chi connectivity index (χ1n) is 15.8. The van der Waals surface area contributed by atoms with E-state index in [1.807, 2.05) is 0 Å². The maximum atomic E-state index is 14.4. The predicted molar refractivity (Wildman–Crippen MR) is 150 cm³/mol. The molecule has 6 aliphatic carbocycles. The molecule has 6 aliphatic rings. The number of allylic oxidation sites excluding steroid dienone is 2. The summed E-state index contributed by atoms with van der Waals surface area (Å²) in [6, 6.07) is 0.389. The summed E-state index contributed by atoms with van der Waals surface area (Å²) in [6.45, 7) is 17.2. The summed E-state index contributed by atoms with van der Waals surface area (Å²) in [5.74, 6) is 1.81. The molecule has 0 aliphatic heterocycles. The summed E-state index contributed by atoms with van der Waals surface area (Å²) in [4.78, 5) is 28.0. The lowest BCUT2D eigenvalue weighted by Gasteiger charge is -2.70. The van der Waals surface area contributed by atoms with Crippen molar-refractivity contribution in [2.24, 2.45) is 50.2 Å². The second-order valence-electron chi connectivity index (χ2n) is 16.7. The number of hydrogen-bond donors (Lipinski definition) is 1. The van der Waals surface area contributed by atoms with Gasteiger partial charge < -0.3 is 5.32 Å². The van der Waals surface area contributed by atoms with Crippen LogP contribution >= 0.6 is 0 Å². The first-order valence-corrected chi connectivity index (χ1v) is 15.8. The van der Waals surface area contributed by atoms with Gasteiger partial charge in [0.1, 0.15) is 0 Å². The molecule has 8 atom stereocenters. The number of rotatable bonds is 2. The van der Waals surface area contributed by atoms with Crippen molar-refractivity contribution in [3.05, 3.63) is 11.6 Å². The van der Waals surface area contributed by atoms with Crippen molar-refractivity contribution in [3.8, 4) is 0 Å². The van der Waals surface area contributed by atoms with Crippen LogP contribution in [0.4, 0.5) is 0 Å². The van der Waals surface area contributed by atoms with E-state index >= 15 is 0 Å². The summed E-state index contributed by atoms with van der Waals surface area (Å²) < 4.78 is 0. The Kier molecular flexibility index (Phi) is 5.63. The fourth-order valence-electron chi connectivity index (χ4n) is 11.4. The fraction of sp³-hybridized carbons (Fsp3) is 0.882. The number of nitrogens with one attached hydrogen (secondary N) is 1. The van der Waals surface area contributed by atoms with E-state index in [0.29, 0.717) is 29.1 Å². The number of hydrogen-bond acceptors (Lipinski definition) is 2. The van der Waals surface area contributed by atoms with Crippen molar-refractivity contribution in [1.29, 1.82) is 0 Å². The molecule has 0 heterocycles. The summed E-state index contributed by atoms with van der Waals surface area (Å²) in [5, 5.41) is 3.40. The van der Waals surface area contributed by atoms with E-state index in [1.165, 1.54) is 56.9 Å². The van der Waals surface area contributed by atoms with E-state index in [1.54, 1.807) is 0 Å². The average Bonchev–Trinajstić information content (AvgIpc) is 2.78. The molecule has 3 nitrogen and oxygen atoms in total. The van der Waals surface area contributed by atoms with Gasteiger partial charge in [0.15, 0.2) is 5.78 Å². The first kappa shape index (κ1) is 26.1. The van der Waals surface area contributed by atoms with Crippen LogP contribution in [0.3, 0.4) is 0 Å². The molecule has 0 spiro atoms. The molecular formula is C34H53NO2. The van der Waals surface area contributed by atoms with Gasteiger partial charge in [0.25, 0.3) is 0 Å². The highest BCUT2D eigenvalue weighted by Crippen LogP contribution is 2.75. The van der Waals surface area contributed by atoms with Gasteiger partial charge in [-0.05, 0) is 122 Å². The summed E-state index contributed by atoms with van der Waals surface area (Å²) in [7, 11) is 0. The van der Waals surface area contributed by atoms with Crippen molar-refractivity contribution < 1.29 is 9.59 Å². The topological polar surface area (TPSA) is 46.2 Å². The monoisotopic (exact) mass is 507 g/mol. The average molecular weight is 508 g/mol. The van der Waals surface area contributed by atoms with Gasteiger partial charge in [-0.25, -0.2) is 0 Å². The minimum absolute atomic E-state index is 0.0101. The number of amides is 1. The Labute approximate surface area is 226 Å². The van der Waals surface area contributed by atoms with Crippen LogP contribution in [0.1, 0.15) is 132 Å². The molecule has 206 valence electrons. The SMILES string of the molecule is CC1(C(=O)NC2CCC2)CC[C@]2(C)CC[C@]3(C)C(=CC(=O)[C@@H]4[C@@]5(C)CCCC(C)(C)C5CC[C@]43C)[C@H]2C1. The number of carbonyl (C=O) groups is 2. The Hall–Kier alpha value is -1.12. The highest BCUT2D eigenvalue weighted by Gasteiger charge is 2.69. The fourth-order valence-corrected chi connectivity index (χ4v) is 11.4. The molecule has 3 heteroatoms.